The fourth-order valence-electron chi connectivity index (χ4n) is 2.23. The van der Waals surface area contributed by atoms with Gasteiger partial charge in [-0.25, -0.2) is 0 Å². The zero-order valence-electron chi connectivity index (χ0n) is 11.9. The largest absolute Gasteiger partial charge is 0.497 e. The Kier molecular flexibility index (Phi) is 3.90. The number of benzene rings is 1. The first-order valence-corrected chi connectivity index (χ1v) is 6.34. The number of hydrogen-bond acceptors (Lipinski definition) is 4. The fraction of sp³-hybridized carbons (Fsp3) is 0.400. The smallest absolute Gasteiger partial charge is 0.131 e. The van der Waals surface area contributed by atoms with Crippen molar-refractivity contribution >= 4 is 10.9 Å². The van der Waals surface area contributed by atoms with Crippen LogP contribution >= 0.6 is 0 Å². The molecule has 2 aromatic rings. The van der Waals surface area contributed by atoms with Crippen molar-refractivity contribution in [2.24, 2.45) is 5.73 Å². The molecule has 0 aliphatic rings. The summed E-state index contributed by atoms with van der Waals surface area (Å²) in [5.41, 5.74) is 8.78. The molecule has 0 saturated carbocycles. The van der Waals surface area contributed by atoms with E-state index in [2.05, 4.69) is 19.9 Å². The summed E-state index contributed by atoms with van der Waals surface area (Å²) in [6.07, 6.45) is 0. The van der Waals surface area contributed by atoms with Crippen LogP contribution in [0.25, 0.3) is 10.9 Å². The topological polar surface area (TPSA) is 57.4 Å². The normalized spacial score (nSPS) is 12.5. The zero-order valence-corrected chi connectivity index (χ0v) is 11.9. The number of methoxy groups -OCH3 is 2. The molecule has 4 heteroatoms. The van der Waals surface area contributed by atoms with E-state index in [0.29, 0.717) is 6.54 Å². The molecule has 2 N–H and O–H groups in total. The van der Waals surface area contributed by atoms with Gasteiger partial charge in [-0.2, -0.15) is 0 Å². The van der Waals surface area contributed by atoms with Crippen molar-refractivity contribution in [2.45, 2.75) is 19.8 Å². The highest BCUT2D eigenvalue weighted by Crippen LogP contribution is 2.32. The van der Waals surface area contributed by atoms with Crippen LogP contribution in [0.1, 0.15) is 24.1 Å². The van der Waals surface area contributed by atoms with Gasteiger partial charge in [0.1, 0.15) is 11.5 Å². The average molecular weight is 260 g/mol. The van der Waals surface area contributed by atoms with Crippen molar-refractivity contribution in [2.75, 3.05) is 20.8 Å². The first-order chi connectivity index (χ1) is 9.10. The van der Waals surface area contributed by atoms with E-state index >= 15 is 0 Å². The highest BCUT2D eigenvalue weighted by atomic mass is 16.5. The predicted molar refractivity (Wildman–Crippen MR) is 77.1 cm³/mol. The number of nitrogens with two attached hydrogens (primary N) is 1. The number of aromatic nitrogens is 1. The lowest BCUT2D eigenvalue weighted by Gasteiger charge is -2.15. The molecule has 0 aliphatic carbocycles. The maximum Gasteiger partial charge on any atom is 0.131 e. The molecule has 0 fully saturated rings. The van der Waals surface area contributed by atoms with Crippen LogP contribution in [0.5, 0.6) is 11.5 Å². The van der Waals surface area contributed by atoms with Crippen LogP contribution in [0.15, 0.2) is 18.2 Å². The molecule has 0 aliphatic heterocycles. The van der Waals surface area contributed by atoms with E-state index in [9.17, 15) is 0 Å². The van der Waals surface area contributed by atoms with Gasteiger partial charge >= 0.3 is 0 Å². The van der Waals surface area contributed by atoms with E-state index in [0.717, 1.165) is 33.7 Å². The molecule has 0 amide bonds. The van der Waals surface area contributed by atoms with Crippen molar-refractivity contribution in [1.82, 2.24) is 4.98 Å². The van der Waals surface area contributed by atoms with Gasteiger partial charge in [0.25, 0.3) is 0 Å². The van der Waals surface area contributed by atoms with Crippen LogP contribution < -0.4 is 15.2 Å². The van der Waals surface area contributed by atoms with E-state index < -0.39 is 0 Å². The Morgan fingerprint density at radius 1 is 1.21 bits per heavy atom. The van der Waals surface area contributed by atoms with Gasteiger partial charge in [0.15, 0.2) is 0 Å². The van der Waals surface area contributed by atoms with Gasteiger partial charge < -0.3 is 15.2 Å². The molecule has 1 aromatic heterocycles. The van der Waals surface area contributed by atoms with E-state index in [1.807, 2.05) is 12.1 Å². The van der Waals surface area contributed by atoms with Crippen molar-refractivity contribution in [3.8, 4) is 11.5 Å². The number of ether oxygens (including phenoxy) is 2. The van der Waals surface area contributed by atoms with Crippen LogP contribution in [-0.4, -0.2) is 25.7 Å². The standard InChI is InChI=1S/C15H20N2O2/c1-9-5-12-13(17-15(9)10(2)8-16)6-11(18-3)7-14(12)19-4/h5-7,10H,8,16H2,1-4H3. The number of pyridine rings is 1. The van der Waals surface area contributed by atoms with E-state index in [-0.39, 0.29) is 5.92 Å². The fourth-order valence-corrected chi connectivity index (χ4v) is 2.23. The van der Waals surface area contributed by atoms with Crippen LogP contribution in [0, 0.1) is 6.92 Å². The van der Waals surface area contributed by atoms with Gasteiger partial charge in [0.05, 0.1) is 19.7 Å². The lowest BCUT2D eigenvalue weighted by atomic mass is 10.0. The predicted octanol–water partition coefficient (Wildman–Crippen LogP) is 2.62. The number of nitrogens with zero attached hydrogens (tertiary/aromatic N) is 1. The lowest BCUT2D eigenvalue weighted by Crippen LogP contribution is -2.12. The summed E-state index contributed by atoms with van der Waals surface area (Å²) in [6, 6.07) is 5.89. The second-order valence-corrected chi connectivity index (χ2v) is 4.72. The number of fused-ring (bicyclic) bond motifs is 1. The highest BCUT2D eigenvalue weighted by Gasteiger charge is 2.13. The molecule has 0 spiro atoms. The first-order valence-electron chi connectivity index (χ1n) is 6.34. The van der Waals surface area contributed by atoms with E-state index in [1.165, 1.54) is 0 Å². The summed E-state index contributed by atoms with van der Waals surface area (Å²) in [5, 5.41) is 0.994. The molecule has 0 bridgehead atoms. The summed E-state index contributed by atoms with van der Waals surface area (Å²) in [5.74, 6) is 1.76. The third kappa shape index (κ3) is 2.49. The zero-order chi connectivity index (χ0) is 14.0. The van der Waals surface area contributed by atoms with Crippen molar-refractivity contribution in [3.63, 3.8) is 0 Å². The number of hydrogen-bond donors (Lipinski definition) is 1. The van der Waals surface area contributed by atoms with Gasteiger partial charge in [-0.05, 0) is 18.6 Å². The van der Waals surface area contributed by atoms with Crippen LogP contribution in [0.3, 0.4) is 0 Å². The molecule has 0 saturated heterocycles. The molecule has 1 heterocycles. The van der Waals surface area contributed by atoms with Crippen molar-refractivity contribution in [1.29, 1.82) is 0 Å². The Morgan fingerprint density at radius 2 is 1.95 bits per heavy atom. The molecule has 1 aromatic carbocycles. The summed E-state index contributed by atoms with van der Waals surface area (Å²) < 4.78 is 10.7. The summed E-state index contributed by atoms with van der Waals surface area (Å²) >= 11 is 0. The molecular weight excluding hydrogens is 240 g/mol. The molecule has 1 unspecified atom stereocenters. The number of rotatable bonds is 4. The monoisotopic (exact) mass is 260 g/mol. The first kappa shape index (κ1) is 13.6. The Hall–Kier alpha value is -1.81. The molecule has 0 radical (unpaired) electrons. The quantitative estimate of drug-likeness (QED) is 0.918. The molecule has 1 atom stereocenters. The molecule has 102 valence electrons. The Morgan fingerprint density at radius 3 is 2.53 bits per heavy atom. The van der Waals surface area contributed by atoms with Gasteiger partial charge in [-0.15, -0.1) is 0 Å². The average Bonchev–Trinajstić information content (AvgIpc) is 2.44. The SMILES string of the molecule is COc1cc(OC)c2cc(C)c(C(C)CN)nc2c1. The Bertz CT molecular complexity index is 596. The van der Waals surface area contributed by atoms with E-state index in [1.54, 1.807) is 14.2 Å². The van der Waals surface area contributed by atoms with Gasteiger partial charge in [0, 0.05) is 35.7 Å². The summed E-state index contributed by atoms with van der Waals surface area (Å²) in [6.45, 7) is 4.72. The van der Waals surface area contributed by atoms with Crippen molar-refractivity contribution < 1.29 is 9.47 Å². The Balaban J connectivity index is 2.70. The minimum absolute atomic E-state index is 0.238. The maximum absolute atomic E-state index is 5.74. The molecule has 19 heavy (non-hydrogen) atoms. The minimum atomic E-state index is 0.238. The minimum Gasteiger partial charge on any atom is -0.497 e. The highest BCUT2D eigenvalue weighted by molar-refractivity contribution is 5.87. The maximum atomic E-state index is 5.74. The van der Waals surface area contributed by atoms with Crippen LogP contribution in [0.2, 0.25) is 0 Å². The second-order valence-electron chi connectivity index (χ2n) is 4.72. The molecule has 2 rings (SSSR count). The third-order valence-electron chi connectivity index (χ3n) is 3.38. The second kappa shape index (κ2) is 5.45. The van der Waals surface area contributed by atoms with Crippen LogP contribution in [0.4, 0.5) is 0 Å². The molecule has 4 nitrogen and oxygen atoms in total. The van der Waals surface area contributed by atoms with Gasteiger partial charge in [0.2, 0.25) is 0 Å². The van der Waals surface area contributed by atoms with Crippen LogP contribution in [-0.2, 0) is 0 Å². The van der Waals surface area contributed by atoms with Crippen molar-refractivity contribution in [3.05, 3.63) is 29.5 Å². The lowest BCUT2D eigenvalue weighted by molar-refractivity contribution is 0.398. The van der Waals surface area contributed by atoms with Gasteiger partial charge in [-0.3, -0.25) is 4.98 Å². The third-order valence-corrected chi connectivity index (χ3v) is 3.38. The summed E-state index contributed by atoms with van der Waals surface area (Å²) in [4.78, 5) is 4.72. The molecular formula is C15H20N2O2. The van der Waals surface area contributed by atoms with Gasteiger partial charge in [-0.1, -0.05) is 6.92 Å². The summed E-state index contributed by atoms with van der Waals surface area (Å²) in [7, 11) is 3.29. The van der Waals surface area contributed by atoms with E-state index in [4.69, 9.17) is 20.2 Å². The number of aryl methyl sites for hydroxylation is 1. The Labute approximate surface area is 113 Å².